The number of aromatic amines is 2. The van der Waals surface area contributed by atoms with Crippen LogP contribution in [0, 0.1) is 5.92 Å². The van der Waals surface area contributed by atoms with Crippen LogP contribution in [0.5, 0.6) is 0 Å². The molecule has 0 aliphatic heterocycles. The Morgan fingerprint density at radius 3 is 2.72 bits per heavy atom. The smallest absolute Gasteiger partial charge is 0.323 e. The van der Waals surface area contributed by atoms with Crippen LogP contribution in [-0.4, -0.2) is 35.3 Å². The van der Waals surface area contributed by atoms with Gasteiger partial charge in [0.05, 0.1) is 11.0 Å². The van der Waals surface area contributed by atoms with Gasteiger partial charge >= 0.3 is 5.69 Å². The van der Waals surface area contributed by atoms with E-state index in [1.54, 1.807) is 0 Å². The van der Waals surface area contributed by atoms with Crippen molar-refractivity contribution in [2.24, 2.45) is 5.92 Å². The zero-order valence-electron chi connectivity index (χ0n) is 10.7. The first-order valence-corrected chi connectivity index (χ1v) is 6.18. The highest BCUT2D eigenvalue weighted by molar-refractivity contribution is 5.78. The second-order valence-corrected chi connectivity index (χ2v) is 4.65. The predicted molar refractivity (Wildman–Crippen MR) is 73.1 cm³/mol. The topological polar surface area (TPSA) is 72.1 Å². The van der Waals surface area contributed by atoms with Crippen LogP contribution in [0.4, 0.5) is 5.69 Å². The van der Waals surface area contributed by atoms with Crippen LogP contribution in [0.15, 0.2) is 23.0 Å². The van der Waals surface area contributed by atoms with Crippen LogP contribution in [0.1, 0.15) is 13.3 Å². The van der Waals surface area contributed by atoms with E-state index < -0.39 is 0 Å². The van der Waals surface area contributed by atoms with Gasteiger partial charge in [0.1, 0.15) is 0 Å². The third kappa shape index (κ3) is 2.56. The number of nitrogens with one attached hydrogen (secondary N) is 2. The molecule has 2 aromatic rings. The van der Waals surface area contributed by atoms with Crippen LogP contribution < -0.4 is 10.6 Å². The number of aliphatic hydroxyl groups is 1. The van der Waals surface area contributed by atoms with E-state index in [1.165, 1.54) is 0 Å². The number of hydrogen-bond acceptors (Lipinski definition) is 3. The van der Waals surface area contributed by atoms with Gasteiger partial charge in [0.15, 0.2) is 0 Å². The maximum atomic E-state index is 11.2. The molecule has 18 heavy (non-hydrogen) atoms. The molecule has 1 aromatic carbocycles. The standard InChI is InChI=1S/C13H19N3O2/c1-3-9(8-17)7-16(2)10-4-5-11-12(6-10)15-13(18)14-11/h4-6,9,17H,3,7-8H2,1-2H3,(H2,14,15,18). The van der Waals surface area contributed by atoms with Crippen molar-refractivity contribution in [1.29, 1.82) is 0 Å². The molecule has 98 valence electrons. The summed E-state index contributed by atoms with van der Waals surface area (Å²) < 4.78 is 0. The maximum absolute atomic E-state index is 11.2. The summed E-state index contributed by atoms with van der Waals surface area (Å²) in [7, 11) is 1.99. The third-order valence-corrected chi connectivity index (χ3v) is 3.31. The number of aliphatic hydroxyl groups excluding tert-OH is 1. The number of aromatic nitrogens is 2. The molecule has 1 atom stereocenters. The first-order chi connectivity index (χ1) is 8.63. The average molecular weight is 249 g/mol. The summed E-state index contributed by atoms with van der Waals surface area (Å²) in [5, 5.41) is 9.22. The van der Waals surface area contributed by atoms with Gasteiger partial charge in [-0.1, -0.05) is 6.92 Å². The molecule has 1 aromatic heterocycles. The fraction of sp³-hybridized carbons (Fsp3) is 0.462. The zero-order valence-corrected chi connectivity index (χ0v) is 10.7. The van der Waals surface area contributed by atoms with Gasteiger partial charge in [0.2, 0.25) is 0 Å². The van der Waals surface area contributed by atoms with Gasteiger partial charge in [-0.05, 0) is 30.5 Å². The van der Waals surface area contributed by atoms with Gasteiger partial charge in [-0.15, -0.1) is 0 Å². The molecule has 0 fully saturated rings. The quantitative estimate of drug-likeness (QED) is 0.748. The van der Waals surface area contributed by atoms with E-state index in [-0.39, 0.29) is 18.2 Å². The van der Waals surface area contributed by atoms with Gasteiger partial charge < -0.3 is 20.0 Å². The molecular weight excluding hydrogens is 230 g/mol. The maximum Gasteiger partial charge on any atom is 0.323 e. The van der Waals surface area contributed by atoms with Crippen molar-refractivity contribution in [2.45, 2.75) is 13.3 Å². The first-order valence-electron chi connectivity index (χ1n) is 6.18. The highest BCUT2D eigenvalue weighted by atomic mass is 16.3. The molecule has 3 N–H and O–H groups in total. The Morgan fingerprint density at radius 2 is 2.06 bits per heavy atom. The molecule has 0 saturated heterocycles. The number of anilines is 1. The summed E-state index contributed by atoms with van der Waals surface area (Å²) in [6.07, 6.45) is 0.948. The second-order valence-electron chi connectivity index (χ2n) is 4.65. The molecule has 0 bridgehead atoms. The Bertz CT molecular complexity index is 569. The molecule has 0 aliphatic rings. The molecule has 0 aliphatic carbocycles. The number of benzene rings is 1. The minimum Gasteiger partial charge on any atom is -0.396 e. The number of H-pyrrole nitrogens is 2. The number of fused-ring (bicyclic) bond motifs is 1. The van der Waals surface area contributed by atoms with Crippen molar-refractivity contribution in [3.63, 3.8) is 0 Å². The molecule has 2 rings (SSSR count). The van der Waals surface area contributed by atoms with Crippen molar-refractivity contribution < 1.29 is 5.11 Å². The number of hydrogen-bond donors (Lipinski definition) is 3. The van der Waals surface area contributed by atoms with Crippen molar-refractivity contribution in [2.75, 3.05) is 25.1 Å². The van der Waals surface area contributed by atoms with E-state index in [9.17, 15) is 9.90 Å². The Balaban J connectivity index is 2.21. The summed E-state index contributed by atoms with van der Waals surface area (Å²) in [4.78, 5) is 18.7. The highest BCUT2D eigenvalue weighted by Gasteiger charge is 2.10. The SMILES string of the molecule is CCC(CO)CN(C)c1ccc2[nH]c(=O)[nH]c2c1. The summed E-state index contributed by atoms with van der Waals surface area (Å²) in [5.74, 6) is 0.274. The molecule has 1 heterocycles. The Hall–Kier alpha value is -1.75. The lowest BCUT2D eigenvalue weighted by atomic mass is 10.1. The molecule has 0 radical (unpaired) electrons. The van der Waals surface area contributed by atoms with Crippen LogP contribution >= 0.6 is 0 Å². The fourth-order valence-corrected chi connectivity index (χ4v) is 2.07. The Labute approximate surface area is 105 Å². The van der Waals surface area contributed by atoms with Crippen LogP contribution in [0.2, 0.25) is 0 Å². The highest BCUT2D eigenvalue weighted by Crippen LogP contribution is 2.19. The lowest BCUT2D eigenvalue weighted by Crippen LogP contribution is -2.27. The normalized spacial score (nSPS) is 12.8. The Kier molecular flexibility index (Phi) is 3.72. The van der Waals surface area contributed by atoms with Crippen LogP contribution in [0.25, 0.3) is 11.0 Å². The summed E-state index contributed by atoms with van der Waals surface area (Å²) in [6, 6.07) is 5.80. The van der Waals surface area contributed by atoms with E-state index >= 15 is 0 Å². The van der Waals surface area contributed by atoms with Gasteiger partial charge in [0.25, 0.3) is 0 Å². The predicted octanol–water partition coefficient (Wildman–Crippen LogP) is 1.31. The van der Waals surface area contributed by atoms with E-state index in [0.29, 0.717) is 0 Å². The molecule has 0 spiro atoms. The van der Waals surface area contributed by atoms with Crippen LogP contribution in [-0.2, 0) is 0 Å². The number of nitrogens with zero attached hydrogens (tertiary/aromatic N) is 1. The van der Waals surface area contributed by atoms with E-state index in [2.05, 4.69) is 21.8 Å². The Morgan fingerprint density at radius 1 is 1.33 bits per heavy atom. The summed E-state index contributed by atoms with van der Waals surface area (Å²) in [6.45, 7) is 3.07. The van der Waals surface area contributed by atoms with Gasteiger partial charge in [0, 0.05) is 25.9 Å². The molecule has 5 nitrogen and oxygen atoms in total. The number of rotatable bonds is 5. The lowest BCUT2D eigenvalue weighted by Gasteiger charge is -2.23. The fourth-order valence-electron chi connectivity index (χ4n) is 2.07. The third-order valence-electron chi connectivity index (χ3n) is 3.31. The number of imidazole rings is 1. The zero-order chi connectivity index (χ0) is 13.1. The molecular formula is C13H19N3O2. The second kappa shape index (κ2) is 5.27. The molecule has 0 saturated carbocycles. The lowest BCUT2D eigenvalue weighted by molar-refractivity contribution is 0.225. The van der Waals surface area contributed by atoms with E-state index in [1.807, 2.05) is 25.2 Å². The van der Waals surface area contributed by atoms with Crippen molar-refractivity contribution in [3.8, 4) is 0 Å². The minimum atomic E-state index is -0.188. The van der Waals surface area contributed by atoms with Gasteiger partial charge in [-0.25, -0.2) is 4.79 Å². The minimum absolute atomic E-state index is 0.188. The van der Waals surface area contributed by atoms with Crippen LogP contribution in [0.3, 0.4) is 0 Å². The average Bonchev–Trinajstić information content (AvgIpc) is 2.74. The van der Waals surface area contributed by atoms with Gasteiger partial charge in [-0.2, -0.15) is 0 Å². The monoisotopic (exact) mass is 249 g/mol. The van der Waals surface area contributed by atoms with Crippen molar-refractivity contribution in [1.82, 2.24) is 9.97 Å². The van der Waals surface area contributed by atoms with Crippen molar-refractivity contribution in [3.05, 3.63) is 28.7 Å². The summed E-state index contributed by atoms with van der Waals surface area (Å²) in [5.41, 5.74) is 2.46. The van der Waals surface area contributed by atoms with Gasteiger partial charge in [-0.3, -0.25) is 0 Å². The van der Waals surface area contributed by atoms with E-state index in [4.69, 9.17) is 0 Å². The largest absolute Gasteiger partial charge is 0.396 e. The summed E-state index contributed by atoms with van der Waals surface area (Å²) >= 11 is 0. The molecule has 5 heteroatoms. The molecule has 0 amide bonds. The van der Waals surface area contributed by atoms with Crippen molar-refractivity contribution >= 4 is 16.7 Å². The molecule has 1 unspecified atom stereocenters. The first kappa shape index (κ1) is 12.7. The van der Waals surface area contributed by atoms with E-state index in [0.717, 1.165) is 29.7 Å².